The maximum Gasteiger partial charge on any atom is 0.226 e. The van der Waals surface area contributed by atoms with Gasteiger partial charge in [-0.25, -0.2) is 0 Å². The fourth-order valence-electron chi connectivity index (χ4n) is 3.74. The van der Waals surface area contributed by atoms with Gasteiger partial charge in [0.1, 0.15) is 0 Å². The third-order valence-electron chi connectivity index (χ3n) is 5.13. The third kappa shape index (κ3) is 4.66. The zero-order valence-electron chi connectivity index (χ0n) is 14.3. The number of carbonyl (C=O) groups is 2. The molecule has 2 heterocycles. The van der Waals surface area contributed by atoms with E-state index in [1.165, 1.54) is 6.42 Å². The second-order valence-electron chi connectivity index (χ2n) is 6.75. The maximum atomic E-state index is 12.6. The van der Waals surface area contributed by atoms with Crippen LogP contribution in [0.3, 0.4) is 0 Å². The van der Waals surface area contributed by atoms with Crippen molar-refractivity contribution in [1.29, 1.82) is 0 Å². The predicted molar refractivity (Wildman–Crippen MR) is 101 cm³/mol. The number of amides is 2. The molecule has 2 aliphatic rings. The molecule has 5 nitrogen and oxygen atoms in total. The Kier molecular flexibility index (Phi) is 7.11. The van der Waals surface area contributed by atoms with E-state index in [2.05, 4.69) is 10.6 Å². The molecule has 3 unspecified atom stereocenters. The Labute approximate surface area is 159 Å². The zero-order chi connectivity index (χ0) is 17.1. The van der Waals surface area contributed by atoms with Crippen molar-refractivity contribution in [2.45, 2.75) is 25.3 Å². The highest BCUT2D eigenvalue weighted by Gasteiger charge is 2.42. The molecule has 2 aliphatic heterocycles. The van der Waals surface area contributed by atoms with Gasteiger partial charge in [0.2, 0.25) is 11.8 Å². The maximum absolute atomic E-state index is 12.6. The molecule has 2 saturated heterocycles. The Morgan fingerprint density at radius 3 is 2.92 bits per heavy atom. The number of nitrogens with zero attached hydrogens (tertiary/aromatic N) is 1. The monoisotopic (exact) mass is 385 g/mol. The van der Waals surface area contributed by atoms with Crippen LogP contribution in [0.4, 0.5) is 0 Å². The molecule has 0 saturated carbocycles. The molecule has 2 fully saturated rings. The Morgan fingerprint density at radius 1 is 1.44 bits per heavy atom. The molecule has 0 aliphatic carbocycles. The standard InChI is InChI=1S/C18H24ClN3O2.ClH/c1-22-16(23)10-15(17(22)13-3-2-4-14(19)9-13)18(24)21-8-6-12-5-7-20-11-12;/h2-4,9,12,15,17,20H,5-8,10-11H2,1H3,(H,21,24);1H. The van der Waals surface area contributed by atoms with Crippen LogP contribution in [0.5, 0.6) is 0 Å². The first-order valence-electron chi connectivity index (χ1n) is 8.56. The number of likely N-dealkylation sites (tertiary alicyclic amines) is 1. The minimum atomic E-state index is -0.359. The van der Waals surface area contributed by atoms with Gasteiger partial charge in [-0.15, -0.1) is 12.4 Å². The van der Waals surface area contributed by atoms with E-state index in [1.54, 1.807) is 18.0 Å². The largest absolute Gasteiger partial charge is 0.356 e. The molecule has 0 aromatic heterocycles. The minimum absolute atomic E-state index is 0. The molecule has 1 aromatic rings. The molecule has 138 valence electrons. The molecular weight excluding hydrogens is 361 g/mol. The summed E-state index contributed by atoms with van der Waals surface area (Å²) in [7, 11) is 1.76. The molecule has 2 amide bonds. The summed E-state index contributed by atoms with van der Waals surface area (Å²) in [5, 5.41) is 6.98. The lowest BCUT2D eigenvalue weighted by molar-refractivity contribution is -0.128. The van der Waals surface area contributed by atoms with Gasteiger partial charge in [-0.05, 0) is 49.5 Å². The Morgan fingerprint density at radius 2 is 2.24 bits per heavy atom. The second-order valence-corrected chi connectivity index (χ2v) is 7.19. The summed E-state index contributed by atoms with van der Waals surface area (Å²) in [5.41, 5.74) is 0.913. The number of carbonyl (C=O) groups excluding carboxylic acids is 2. The van der Waals surface area contributed by atoms with Crippen molar-refractivity contribution in [2.24, 2.45) is 11.8 Å². The minimum Gasteiger partial charge on any atom is -0.356 e. The lowest BCUT2D eigenvalue weighted by Crippen LogP contribution is -2.35. The van der Waals surface area contributed by atoms with Crippen LogP contribution in [0.1, 0.15) is 30.9 Å². The van der Waals surface area contributed by atoms with Crippen molar-refractivity contribution < 1.29 is 9.59 Å². The molecule has 0 bridgehead atoms. The van der Waals surface area contributed by atoms with E-state index < -0.39 is 0 Å². The molecular formula is C18H25Cl2N3O2. The van der Waals surface area contributed by atoms with Crippen LogP contribution in [0.25, 0.3) is 0 Å². The lowest BCUT2D eigenvalue weighted by Gasteiger charge is -2.25. The summed E-state index contributed by atoms with van der Waals surface area (Å²) in [6, 6.07) is 7.18. The van der Waals surface area contributed by atoms with Gasteiger partial charge >= 0.3 is 0 Å². The SMILES string of the molecule is CN1C(=O)CC(C(=O)NCCC2CCNC2)C1c1cccc(Cl)c1.Cl. The van der Waals surface area contributed by atoms with Gasteiger partial charge in [-0.3, -0.25) is 9.59 Å². The van der Waals surface area contributed by atoms with E-state index in [0.717, 1.165) is 25.1 Å². The zero-order valence-corrected chi connectivity index (χ0v) is 15.9. The normalized spacial score (nSPS) is 25.8. The van der Waals surface area contributed by atoms with Crippen molar-refractivity contribution in [3.05, 3.63) is 34.9 Å². The Hall–Kier alpha value is -1.30. The second kappa shape index (κ2) is 8.88. The summed E-state index contributed by atoms with van der Waals surface area (Å²) < 4.78 is 0. The van der Waals surface area contributed by atoms with Gasteiger partial charge in [0.05, 0.1) is 12.0 Å². The summed E-state index contributed by atoms with van der Waals surface area (Å²) in [4.78, 5) is 26.4. The predicted octanol–water partition coefficient (Wildman–Crippen LogP) is 2.40. The first-order chi connectivity index (χ1) is 11.6. The molecule has 7 heteroatoms. The third-order valence-corrected chi connectivity index (χ3v) is 5.36. The summed E-state index contributed by atoms with van der Waals surface area (Å²) in [6.45, 7) is 2.77. The molecule has 3 rings (SSSR count). The fraction of sp³-hybridized carbons (Fsp3) is 0.556. The first kappa shape index (κ1) is 20.0. The number of nitrogens with one attached hydrogen (secondary N) is 2. The number of hydrogen-bond donors (Lipinski definition) is 2. The molecule has 1 aromatic carbocycles. The number of benzene rings is 1. The van der Waals surface area contributed by atoms with E-state index in [1.807, 2.05) is 18.2 Å². The smallest absolute Gasteiger partial charge is 0.226 e. The number of rotatable bonds is 5. The van der Waals surface area contributed by atoms with E-state index in [9.17, 15) is 9.59 Å². The average molecular weight is 386 g/mol. The number of hydrogen-bond acceptors (Lipinski definition) is 3. The topological polar surface area (TPSA) is 61.4 Å². The van der Waals surface area contributed by atoms with E-state index >= 15 is 0 Å². The van der Waals surface area contributed by atoms with Crippen molar-refractivity contribution in [3.8, 4) is 0 Å². The van der Waals surface area contributed by atoms with Gasteiger partial charge in [0.25, 0.3) is 0 Å². The lowest BCUT2D eigenvalue weighted by atomic mass is 9.92. The highest BCUT2D eigenvalue weighted by Crippen LogP contribution is 2.37. The summed E-state index contributed by atoms with van der Waals surface area (Å²) >= 11 is 6.08. The van der Waals surface area contributed by atoms with E-state index in [-0.39, 0.29) is 42.6 Å². The summed E-state index contributed by atoms with van der Waals surface area (Å²) in [6.07, 6.45) is 2.41. The van der Waals surface area contributed by atoms with Crippen LogP contribution in [0, 0.1) is 11.8 Å². The van der Waals surface area contributed by atoms with E-state index in [0.29, 0.717) is 17.5 Å². The number of halogens is 2. The van der Waals surface area contributed by atoms with Crippen molar-refractivity contribution in [3.63, 3.8) is 0 Å². The van der Waals surface area contributed by atoms with Crippen molar-refractivity contribution in [2.75, 3.05) is 26.7 Å². The van der Waals surface area contributed by atoms with Gasteiger partial charge in [0, 0.05) is 25.0 Å². The highest BCUT2D eigenvalue weighted by atomic mass is 35.5. The molecule has 0 radical (unpaired) electrons. The van der Waals surface area contributed by atoms with E-state index in [4.69, 9.17) is 11.6 Å². The highest BCUT2D eigenvalue weighted by molar-refractivity contribution is 6.30. The van der Waals surface area contributed by atoms with Gasteiger partial charge < -0.3 is 15.5 Å². The average Bonchev–Trinajstić information content (AvgIpc) is 3.16. The van der Waals surface area contributed by atoms with Crippen molar-refractivity contribution >= 4 is 35.8 Å². The van der Waals surface area contributed by atoms with Gasteiger partial charge in [-0.2, -0.15) is 0 Å². The van der Waals surface area contributed by atoms with Crippen LogP contribution >= 0.6 is 24.0 Å². The first-order valence-corrected chi connectivity index (χ1v) is 8.93. The fourth-order valence-corrected chi connectivity index (χ4v) is 3.94. The Balaban J connectivity index is 0.00000225. The van der Waals surface area contributed by atoms with Gasteiger partial charge in [-0.1, -0.05) is 23.7 Å². The quantitative estimate of drug-likeness (QED) is 0.817. The van der Waals surface area contributed by atoms with Crippen LogP contribution in [-0.2, 0) is 9.59 Å². The van der Waals surface area contributed by atoms with Crippen LogP contribution in [-0.4, -0.2) is 43.4 Å². The van der Waals surface area contributed by atoms with Crippen LogP contribution < -0.4 is 10.6 Å². The molecule has 25 heavy (non-hydrogen) atoms. The van der Waals surface area contributed by atoms with Crippen molar-refractivity contribution in [1.82, 2.24) is 15.5 Å². The molecule has 3 atom stereocenters. The molecule has 0 spiro atoms. The molecule has 2 N–H and O–H groups in total. The summed E-state index contributed by atoms with van der Waals surface area (Å²) in [5.74, 6) is 0.244. The van der Waals surface area contributed by atoms with Gasteiger partial charge in [0.15, 0.2) is 0 Å². The van der Waals surface area contributed by atoms with Crippen LogP contribution in [0.2, 0.25) is 5.02 Å². The Bertz CT molecular complexity index is 620. The van der Waals surface area contributed by atoms with Crippen LogP contribution in [0.15, 0.2) is 24.3 Å².